The van der Waals surface area contributed by atoms with Crippen molar-refractivity contribution in [2.24, 2.45) is 10.1 Å². The number of rotatable bonds is 7. The first-order chi connectivity index (χ1) is 18.2. The number of aromatic nitrogens is 3. The molecular formula is C26H24F3N7OS. The number of nitrogens with zero attached hydrogens (tertiary/aromatic N) is 6. The van der Waals surface area contributed by atoms with Crippen LogP contribution < -0.4 is 15.1 Å². The molecule has 196 valence electrons. The molecule has 1 N–H and O–H groups in total. The highest BCUT2D eigenvalue weighted by Crippen LogP contribution is 2.24. The van der Waals surface area contributed by atoms with Crippen LogP contribution in [-0.4, -0.2) is 52.9 Å². The average Bonchev–Trinajstić information content (AvgIpc) is 3.39. The summed E-state index contributed by atoms with van der Waals surface area (Å²) in [6.07, 6.45) is 0.354. The Hall–Kier alpha value is -4.32. The van der Waals surface area contributed by atoms with E-state index in [1.807, 2.05) is 73.8 Å². The minimum atomic E-state index is -4.74. The number of hydrazone groups is 1. The van der Waals surface area contributed by atoms with E-state index in [0.29, 0.717) is 16.7 Å². The van der Waals surface area contributed by atoms with Crippen LogP contribution >= 0.6 is 11.8 Å². The highest BCUT2D eigenvalue weighted by molar-refractivity contribution is 8.13. The van der Waals surface area contributed by atoms with Gasteiger partial charge in [0.2, 0.25) is 0 Å². The zero-order chi connectivity index (χ0) is 27.1. The van der Waals surface area contributed by atoms with E-state index < -0.39 is 6.36 Å². The Labute approximate surface area is 221 Å². The van der Waals surface area contributed by atoms with Crippen molar-refractivity contribution in [3.8, 4) is 22.8 Å². The lowest BCUT2D eigenvalue weighted by molar-refractivity contribution is -0.274. The minimum Gasteiger partial charge on any atom is -0.406 e. The molecule has 0 fully saturated rings. The molecule has 1 heterocycles. The second-order valence-corrected chi connectivity index (χ2v) is 8.87. The van der Waals surface area contributed by atoms with Gasteiger partial charge in [0, 0.05) is 25.3 Å². The van der Waals surface area contributed by atoms with Gasteiger partial charge in [0.25, 0.3) is 0 Å². The molecule has 0 unspecified atom stereocenters. The molecular weight excluding hydrogens is 515 g/mol. The van der Waals surface area contributed by atoms with Crippen LogP contribution in [0.15, 0.2) is 89.2 Å². The van der Waals surface area contributed by atoms with Crippen LogP contribution in [0.1, 0.15) is 5.56 Å². The van der Waals surface area contributed by atoms with Crippen molar-refractivity contribution in [1.29, 1.82) is 0 Å². The molecule has 4 aromatic rings. The van der Waals surface area contributed by atoms with Gasteiger partial charge in [-0.1, -0.05) is 36.0 Å². The monoisotopic (exact) mass is 539 g/mol. The topological polar surface area (TPSA) is 79.9 Å². The maximum atomic E-state index is 12.3. The second kappa shape index (κ2) is 11.8. The van der Waals surface area contributed by atoms with Gasteiger partial charge in [-0.3, -0.25) is 5.43 Å². The maximum Gasteiger partial charge on any atom is 0.573 e. The van der Waals surface area contributed by atoms with Crippen LogP contribution in [0.3, 0.4) is 0 Å². The van der Waals surface area contributed by atoms with Crippen molar-refractivity contribution in [2.75, 3.05) is 25.3 Å². The fourth-order valence-corrected chi connectivity index (χ4v) is 3.60. The average molecular weight is 540 g/mol. The first-order valence-corrected chi connectivity index (χ1v) is 12.5. The summed E-state index contributed by atoms with van der Waals surface area (Å²) in [7, 11) is 3.97. The van der Waals surface area contributed by atoms with Crippen LogP contribution in [0.2, 0.25) is 0 Å². The molecule has 1 aromatic heterocycles. The lowest BCUT2D eigenvalue weighted by Gasteiger charge is -2.11. The maximum absolute atomic E-state index is 12.3. The van der Waals surface area contributed by atoms with Gasteiger partial charge in [-0.2, -0.15) is 5.10 Å². The molecule has 0 aliphatic carbocycles. The number of nitrogens with one attached hydrogen (secondary N) is 1. The molecule has 0 atom stereocenters. The summed E-state index contributed by atoms with van der Waals surface area (Å²) in [5, 5.41) is 9.35. The molecule has 8 nitrogen and oxygen atoms in total. The number of halogens is 3. The van der Waals surface area contributed by atoms with E-state index >= 15 is 0 Å². The standard InChI is InChI=1S/C26H24F3N7OS/c1-35(2)21-10-8-20(9-11-21)32-25(38-3)33-31-16-18-4-6-19(7-5-18)24-30-17-36(34-24)22-12-14-23(15-13-22)37-26(27,28)29/h4-17H,1-3H3,(H,32,33)/b31-16+. The van der Waals surface area contributed by atoms with Crippen LogP contribution in [0.25, 0.3) is 17.1 Å². The zero-order valence-corrected chi connectivity index (χ0v) is 21.5. The SMILES string of the molecule is CS/C(=N\c1ccc(N(C)C)cc1)N/N=C/c1ccc(-c2ncn(-c3ccc(OC(F)(F)F)cc3)n2)cc1. The Bertz CT molecular complexity index is 1400. The molecule has 3 aromatic carbocycles. The van der Waals surface area contributed by atoms with Gasteiger partial charge in [-0.25, -0.2) is 14.7 Å². The Balaban J connectivity index is 1.37. The number of amidine groups is 1. The molecule has 12 heteroatoms. The second-order valence-electron chi connectivity index (χ2n) is 8.08. The molecule has 38 heavy (non-hydrogen) atoms. The Kier molecular flexibility index (Phi) is 8.31. The van der Waals surface area contributed by atoms with Gasteiger partial charge in [-0.15, -0.1) is 18.3 Å². The predicted octanol–water partition coefficient (Wildman–Crippen LogP) is 5.87. The number of anilines is 1. The van der Waals surface area contributed by atoms with Gasteiger partial charge in [0.1, 0.15) is 12.1 Å². The van der Waals surface area contributed by atoms with E-state index in [2.05, 4.69) is 30.3 Å². The number of thioether (sulfide) groups is 1. The highest BCUT2D eigenvalue weighted by Gasteiger charge is 2.31. The first-order valence-electron chi connectivity index (χ1n) is 11.3. The van der Waals surface area contributed by atoms with Gasteiger partial charge < -0.3 is 9.64 Å². The molecule has 0 spiro atoms. The lowest BCUT2D eigenvalue weighted by Crippen LogP contribution is -2.17. The van der Waals surface area contributed by atoms with Crippen molar-refractivity contribution < 1.29 is 17.9 Å². The van der Waals surface area contributed by atoms with E-state index in [0.717, 1.165) is 22.5 Å². The summed E-state index contributed by atoms with van der Waals surface area (Å²) < 4.78 is 42.4. The highest BCUT2D eigenvalue weighted by atomic mass is 32.2. The third-order valence-corrected chi connectivity index (χ3v) is 5.73. The number of aliphatic imine (C=N–C) groups is 1. The largest absolute Gasteiger partial charge is 0.573 e. The summed E-state index contributed by atoms with van der Waals surface area (Å²) in [5.74, 6) is 0.169. The smallest absolute Gasteiger partial charge is 0.406 e. The molecule has 0 saturated carbocycles. The molecule has 0 saturated heterocycles. The van der Waals surface area contributed by atoms with Crippen molar-refractivity contribution in [3.63, 3.8) is 0 Å². The molecule has 0 radical (unpaired) electrons. The molecule has 4 rings (SSSR count). The fraction of sp³-hybridized carbons (Fsp3) is 0.154. The van der Waals surface area contributed by atoms with Crippen molar-refractivity contribution >= 4 is 34.5 Å². The predicted molar refractivity (Wildman–Crippen MR) is 146 cm³/mol. The van der Waals surface area contributed by atoms with Crippen molar-refractivity contribution in [2.45, 2.75) is 6.36 Å². The Morgan fingerprint density at radius 2 is 1.68 bits per heavy atom. The van der Waals surface area contributed by atoms with Crippen LogP contribution in [-0.2, 0) is 0 Å². The number of hydrogen-bond donors (Lipinski definition) is 1. The molecule has 0 aliphatic heterocycles. The molecule has 0 amide bonds. The fourth-order valence-electron chi connectivity index (χ4n) is 3.26. The van der Waals surface area contributed by atoms with Crippen molar-refractivity contribution in [1.82, 2.24) is 20.2 Å². The first kappa shape index (κ1) is 26.7. The van der Waals surface area contributed by atoms with Gasteiger partial charge >= 0.3 is 6.36 Å². The minimum absolute atomic E-state index is 0.303. The number of hydrogen-bond acceptors (Lipinski definition) is 7. The summed E-state index contributed by atoms with van der Waals surface area (Å²) >= 11 is 1.45. The summed E-state index contributed by atoms with van der Waals surface area (Å²) in [4.78, 5) is 10.9. The van der Waals surface area contributed by atoms with E-state index in [4.69, 9.17) is 0 Å². The van der Waals surface area contributed by atoms with Gasteiger partial charge in [0.15, 0.2) is 11.0 Å². The van der Waals surface area contributed by atoms with Crippen LogP contribution in [0.4, 0.5) is 24.5 Å². The van der Waals surface area contributed by atoms with Crippen LogP contribution in [0.5, 0.6) is 5.75 Å². The summed E-state index contributed by atoms with van der Waals surface area (Å²) in [6.45, 7) is 0. The normalized spacial score (nSPS) is 12.1. The quantitative estimate of drug-likeness (QED) is 0.180. The number of alkyl halides is 3. The van der Waals surface area contributed by atoms with Gasteiger partial charge in [-0.05, 0) is 60.4 Å². The van der Waals surface area contributed by atoms with E-state index in [1.165, 1.54) is 47.0 Å². The number of ether oxygens (including phenoxy) is 1. The van der Waals surface area contributed by atoms with Crippen LogP contribution in [0, 0.1) is 0 Å². The molecule has 0 bridgehead atoms. The summed E-state index contributed by atoms with van der Waals surface area (Å²) in [6, 6.07) is 20.8. The van der Waals surface area contributed by atoms with Crippen molar-refractivity contribution in [3.05, 3.63) is 84.7 Å². The number of benzene rings is 3. The van der Waals surface area contributed by atoms with E-state index in [9.17, 15) is 13.2 Å². The molecule has 0 aliphatic rings. The van der Waals surface area contributed by atoms with Gasteiger partial charge in [0.05, 0.1) is 17.6 Å². The lowest BCUT2D eigenvalue weighted by atomic mass is 10.1. The Morgan fingerprint density at radius 3 is 2.29 bits per heavy atom. The zero-order valence-electron chi connectivity index (χ0n) is 20.7. The van der Waals surface area contributed by atoms with E-state index in [-0.39, 0.29) is 5.75 Å². The van der Waals surface area contributed by atoms with E-state index in [1.54, 1.807) is 6.21 Å². The Morgan fingerprint density at radius 1 is 1.00 bits per heavy atom. The summed E-state index contributed by atoms with van der Waals surface area (Å²) in [5.41, 5.74) is 7.06. The third-order valence-electron chi connectivity index (χ3n) is 5.16. The third kappa shape index (κ3) is 7.35.